The van der Waals surface area contributed by atoms with Gasteiger partial charge in [0.05, 0.1) is 12.6 Å². The first-order chi connectivity index (χ1) is 10.5. The first-order valence-corrected chi connectivity index (χ1v) is 7.62. The zero-order valence-corrected chi connectivity index (χ0v) is 13.0. The van der Waals surface area contributed by atoms with E-state index < -0.39 is 12.1 Å². The highest BCUT2D eigenvalue weighted by Gasteiger charge is 2.32. The number of amides is 3. The second-order valence-electron chi connectivity index (χ2n) is 5.42. The van der Waals surface area contributed by atoms with E-state index in [1.807, 2.05) is 36.1 Å². The fraction of sp³-hybridized carbons (Fsp3) is 0.500. The second-order valence-corrected chi connectivity index (χ2v) is 5.42. The van der Waals surface area contributed by atoms with Gasteiger partial charge in [-0.3, -0.25) is 4.79 Å². The molecule has 6 heteroatoms. The molecule has 0 aromatic heterocycles. The predicted octanol–water partition coefficient (Wildman–Crippen LogP) is 1.81. The van der Waals surface area contributed by atoms with Gasteiger partial charge in [-0.15, -0.1) is 0 Å². The first kappa shape index (κ1) is 16.1. The van der Waals surface area contributed by atoms with Crippen LogP contribution in [-0.2, 0) is 4.79 Å². The Labute approximate surface area is 130 Å². The van der Waals surface area contributed by atoms with Crippen LogP contribution in [-0.4, -0.2) is 36.0 Å². The average molecular weight is 305 g/mol. The van der Waals surface area contributed by atoms with Crippen LogP contribution >= 0.6 is 0 Å². The van der Waals surface area contributed by atoms with Crippen molar-refractivity contribution in [2.24, 2.45) is 5.73 Å². The lowest BCUT2D eigenvalue weighted by Gasteiger charge is -2.28. The van der Waals surface area contributed by atoms with Gasteiger partial charge < -0.3 is 20.7 Å². The normalized spacial score (nSPS) is 18.8. The molecular weight excluding hydrogens is 282 g/mol. The summed E-state index contributed by atoms with van der Waals surface area (Å²) in [6, 6.07) is 6.58. The largest absolute Gasteiger partial charge is 0.494 e. The number of benzene rings is 1. The van der Waals surface area contributed by atoms with Crippen molar-refractivity contribution in [3.05, 3.63) is 29.8 Å². The van der Waals surface area contributed by atoms with E-state index >= 15 is 0 Å². The molecule has 1 unspecified atom stereocenters. The summed E-state index contributed by atoms with van der Waals surface area (Å²) in [6.07, 6.45) is 1.87. The summed E-state index contributed by atoms with van der Waals surface area (Å²) in [5, 5.41) is 2.44. The van der Waals surface area contributed by atoms with E-state index in [0.717, 1.165) is 24.2 Å². The van der Waals surface area contributed by atoms with Gasteiger partial charge in [0.2, 0.25) is 5.91 Å². The van der Waals surface area contributed by atoms with Crippen molar-refractivity contribution in [2.45, 2.75) is 38.8 Å². The summed E-state index contributed by atoms with van der Waals surface area (Å²) < 4.78 is 5.44. The summed E-state index contributed by atoms with van der Waals surface area (Å²) in [4.78, 5) is 25.2. The number of carbonyl (C=O) groups is 2. The van der Waals surface area contributed by atoms with Gasteiger partial charge in [-0.2, -0.15) is 0 Å². The molecule has 2 atom stereocenters. The Bertz CT molecular complexity index is 530. The van der Waals surface area contributed by atoms with Crippen LogP contribution in [0.2, 0.25) is 0 Å². The van der Waals surface area contributed by atoms with Gasteiger partial charge in [-0.1, -0.05) is 12.1 Å². The molecule has 1 heterocycles. The van der Waals surface area contributed by atoms with Crippen LogP contribution in [0.15, 0.2) is 24.3 Å². The molecule has 1 aromatic rings. The van der Waals surface area contributed by atoms with Gasteiger partial charge in [-0.05, 0) is 44.4 Å². The number of hydrogen-bond acceptors (Lipinski definition) is 3. The fourth-order valence-corrected chi connectivity index (χ4v) is 2.85. The van der Waals surface area contributed by atoms with E-state index in [1.54, 1.807) is 6.92 Å². The number of rotatable bonds is 5. The number of likely N-dealkylation sites (tertiary alicyclic amines) is 1. The molecular formula is C16H23N3O3. The lowest BCUT2D eigenvalue weighted by Crippen LogP contribution is -2.48. The Kier molecular flexibility index (Phi) is 5.25. The fourth-order valence-electron chi connectivity index (χ4n) is 2.85. The van der Waals surface area contributed by atoms with Gasteiger partial charge >= 0.3 is 6.03 Å². The molecule has 120 valence electrons. The van der Waals surface area contributed by atoms with Gasteiger partial charge in [0.25, 0.3) is 0 Å². The van der Waals surface area contributed by atoms with Crippen molar-refractivity contribution in [3.63, 3.8) is 0 Å². The third-order valence-electron chi connectivity index (χ3n) is 3.84. The summed E-state index contributed by atoms with van der Waals surface area (Å²) >= 11 is 0. The van der Waals surface area contributed by atoms with Crippen molar-refractivity contribution in [1.82, 2.24) is 10.2 Å². The van der Waals surface area contributed by atoms with Crippen molar-refractivity contribution >= 4 is 11.9 Å². The van der Waals surface area contributed by atoms with Gasteiger partial charge in [0.1, 0.15) is 11.8 Å². The summed E-state index contributed by atoms with van der Waals surface area (Å²) in [6.45, 7) is 4.92. The minimum atomic E-state index is -0.683. The van der Waals surface area contributed by atoms with Crippen LogP contribution in [0.5, 0.6) is 5.75 Å². The minimum Gasteiger partial charge on any atom is -0.494 e. The zero-order chi connectivity index (χ0) is 16.1. The summed E-state index contributed by atoms with van der Waals surface area (Å²) in [7, 11) is 0. The van der Waals surface area contributed by atoms with Gasteiger partial charge in [0.15, 0.2) is 0 Å². The Morgan fingerprint density at radius 1 is 1.41 bits per heavy atom. The van der Waals surface area contributed by atoms with E-state index in [4.69, 9.17) is 10.5 Å². The van der Waals surface area contributed by atoms with E-state index in [0.29, 0.717) is 13.2 Å². The monoisotopic (exact) mass is 305 g/mol. The highest BCUT2D eigenvalue weighted by molar-refractivity contribution is 5.86. The van der Waals surface area contributed by atoms with Crippen LogP contribution in [0, 0.1) is 0 Å². The molecule has 0 aliphatic carbocycles. The number of primary amides is 1. The van der Waals surface area contributed by atoms with Crippen LogP contribution in [0.25, 0.3) is 0 Å². The standard InChI is InChI=1S/C16H23N3O3/c1-3-22-13-8-6-12(7-9-13)14-5-4-10-19(14)15(20)11(2)18-16(17)21/h6-9,11,14H,3-5,10H2,1-2H3,(H3,17,18,21)/t11-,14?/m0/s1. The SMILES string of the molecule is CCOc1ccc(C2CCCN2C(=O)[C@H](C)NC(N)=O)cc1. The number of ether oxygens (including phenoxy) is 1. The van der Waals surface area contributed by atoms with Crippen LogP contribution in [0.3, 0.4) is 0 Å². The Hall–Kier alpha value is -2.24. The molecule has 1 aliphatic heterocycles. The number of nitrogens with one attached hydrogen (secondary N) is 1. The van der Waals surface area contributed by atoms with Crippen LogP contribution < -0.4 is 15.8 Å². The van der Waals surface area contributed by atoms with Crippen LogP contribution in [0.1, 0.15) is 38.3 Å². The quantitative estimate of drug-likeness (QED) is 0.870. The van der Waals surface area contributed by atoms with Crippen LogP contribution in [0.4, 0.5) is 4.79 Å². The molecule has 0 saturated carbocycles. The lowest BCUT2D eigenvalue weighted by molar-refractivity contribution is -0.133. The zero-order valence-electron chi connectivity index (χ0n) is 13.0. The van der Waals surface area contributed by atoms with Crippen molar-refractivity contribution < 1.29 is 14.3 Å². The van der Waals surface area contributed by atoms with Crippen molar-refractivity contribution in [1.29, 1.82) is 0 Å². The maximum absolute atomic E-state index is 12.5. The summed E-state index contributed by atoms with van der Waals surface area (Å²) in [5.74, 6) is 0.723. The highest BCUT2D eigenvalue weighted by Crippen LogP contribution is 2.33. The molecule has 1 saturated heterocycles. The van der Waals surface area contributed by atoms with Crippen molar-refractivity contribution in [2.75, 3.05) is 13.2 Å². The average Bonchev–Trinajstić information content (AvgIpc) is 2.96. The smallest absolute Gasteiger partial charge is 0.312 e. The molecule has 0 radical (unpaired) electrons. The van der Waals surface area contributed by atoms with Gasteiger partial charge in [-0.25, -0.2) is 4.79 Å². The third kappa shape index (κ3) is 3.69. The number of hydrogen-bond donors (Lipinski definition) is 2. The Morgan fingerprint density at radius 3 is 2.68 bits per heavy atom. The summed E-state index contributed by atoms with van der Waals surface area (Å²) in [5.41, 5.74) is 6.17. The molecule has 0 spiro atoms. The molecule has 2 rings (SSSR count). The highest BCUT2D eigenvalue weighted by atomic mass is 16.5. The number of nitrogens with zero attached hydrogens (tertiary/aromatic N) is 1. The molecule has 1 aromatic carbocycles. The molecule has 3 amide bonds. The minimum absolute atomic E-state index is 0.0419. The number of nitrogens with two attached hydrogens (primary N) is 1. The molecule has 6 nitrogen and oxygen atoms in total. The third-order valence-corrected chi connectivity index (χ3v) is 3.84. The lowest BCUT2D eigenvalue weighted by atomic mass is 10.0. The molecule has 22 heavy (non-hydrogen) atoms. The molecule has 1 aliphatic rings. The second kappa shape index (κ2) is 7.15. The topological polar surface area (TPSA) is 84.7 Å². The van der Waals surface area contributed by atoms with Crippen molar-refractivity contribution in [3.8, 4) is 5.75 Å². The maximum Gasteiger partial charge on any atom is 0.312 e. The van der Waals surface area contributed by atoms with E-state index in [1.165, 1.54) is 0 Å². The van der Waals surface area contributed by atoms with E-state index in [2.05, 4.69) is 5.32 Å². The maximum atomic E-state index is 12.5. The van der Waals surface area contributed by atoms with E-state index in [9.17, 15) is 9.59 Å². The van der Waals surface area contributed by atoms with E-state index in [-0.39, 0.29) is 11.9 Å². The number of urea groups is 1. The Morgan fingerprint density at radius 2 is 2.09 bits per heavy atom. The molecule has 3 N–H and O–H groups in total. The molecule has 1 fully saturated rings. The first-order valence-electron chi connectivity index (χ1n) is 7.62. The number of carbonyl (C=O) groups excluding carboxylic acids is 2. The van der Waals surface area contributed by atoms with Gasteiger partial charge in [0, 0.05) is 6.54 Å². The predicted molar refractivity (Wildman–Crippen MR) is 83.5 cm³/mol. The Balaban J connectivity index is 2.09. The molecule has 0 bridgehead atoms.